The molecule has 3 heteroatoms. The summed E-state index contributed by atoms with van der Waals surface area (Å²) in [6, 6.07) is 13.8. The Bertz CT molecular complexity index is 699. The first-order chi connectivity index (χ1) is 10.8. The standard InChI is InChI=1S/C20H25NO2/c1-14-7-6-8-16(11-14)21-19(22)13-23-18-10-9-15(2)12-17(18)20(3,4)5/h6-12H,13H2,1-5H3,(H,21,22). The van der Waals surface area contributed by atoms with Crippen LogP contribution < -0.4 is 10.1 Å². The zero-order valence-corrected chi connectivity index (χ0v) is 14.6. The van der Waals surface area contributed by atoms with E-state index in [2.05, 4.69) is 39.1 Å². The normalized spacial score (nSPS) is 11.2. The summed E-state index contributed by atoms with van der Waals surface area (Å²) in [5.41, 5.74) is 4.16. The van der Waals surface area contributed by atoms with E-state index in [1.807, 2.05) is 43.3 Å². The van der Waals surface area contributed by atoms with Crippen LogP contribution in [-0.4, -0.2) is 12.5 Å². The van der Waals surface area contributed by atoms with Gasteiger partial charge in [-0.3, -0.25) is 4.79 Å². The van der Waals surface area contributed by atoms with Crippen LogP contribution in [0.3, 0.4) is 0 Å². The molecule has 2 rings (SSSR count). The number of hydrogen-bond acceptors (Lipinski definition) is 2. The Morgan fingerprint density at radius 1 is 1.04 bits per heavy atom. The molecule has 3 nitrogen and oxygen atoms in total. The molecule has 1 amide bonds. The van der Waals surface area contributed by atoms with E-state index in [4.69, 9.17) is 4.74 Å². The van der Waals surface area contributed by atoms with Crippen molar-refractivity contribution in [1.82, 2.24) is 0 Å². The van der Waals surface area contributed by atoms with Crippen LogP contribution in [0.5, 0.6) is 5.75 Å². The molecule has 0 saturated heterocycles. The maximum absolute atomic E-state index is 12.1. The highest BCUT2D eigenvalue weighted by Gasteiger charge is 2.19. The third kappa shape index (κ3) is 4.85. The van der Waals surface area contributed by atoms with Crippen LogP contribution in [0.15, 0.2) is 42.5 Å². The fourth-order valence-electron chi connectivity index (χ4n) is 2.42. The molecule has 0 fully saturated rings. The van der Waals surface area contributed by atoms with Crippen LogP contribution >= 0.6 is 0 Å². The fraction of sp³-hybridized carbons (Fsp3) is 0.350. The number of carbonyl (C=O) groups excluding carboxylic acids is 1. The quantitative estimate of drug-likeness (QED) is 0.895. The van der Waals surface area contributed by atoms with E-state index in [-0.39, 0.29) is 17.9 Å². The Hall–Kier alpha value is -2.29. The molecule has 2 aromatic rings. The zero-order chi connectivity index (χ0) is 17.0. The molecule has 1 N–H and O–H groups in total. The first kappa shape index (κ1) is 17.1. The van der Waals surface area contributed by atoms with Gasteiger partial charge in [0.1, 0.15) is 5.75 Å². The molecule has 0 bridgehead atoms. The summed E-state index contributed by atoms with van der Waals surface area (Å²) in [6.45, 7) is 10.5. The van der Waals surface area contributed by atoms with E-state index in [0.29, 0.717) is 0 Å². The molecule has 0 spiro atoms. The minimum absolute atomic E-state index is 0.0000822. The van der Waals surface area contributed by atoms with E-state index in [9.17, 15) is 4.79 Å². The van der Waals surface area contributed by atoms with Crippen molar-refractivity contribution >= 4 is 11.6 Å². The van der Waals surface area contributed by atoms with Crippen molar-refractivity contribution in [2.45, 2.75) is 40.0 Å². The molecule has 2 aromatic carbocycles. The highest BCUT2D eigenvalue weighted by atomic mass is 16.5. The van der Waals surface area contributed by atoms with Crippen molar-refractivity contribution < 1.29 is 9.53 Å². The van der Waals surface area contributed by atoms with Crippen LogP contribution in [0.25, 0.3) is 0 Å². The largest absolute Gasteiger partial charge is 0.483 e. The maximum atomic E-state index is 12.1. The number of nitrogens with one attached hydrogen (secondary N) is 1. The smallest absolute Gasteiger partial charge is 0.262 e. The predicted octanol–water partition coefficient (Wildman–Crippen LogP) is 4.62. The summed E-state index contributed by atoms with van der Waals surface area (Å²) in [4.78, 5) is 12.1. The Morgan fingerprint density at radius 3 is 2.39 bits per heavy atom. The monoisotopic (exact) mass is 311 g/mol. The van der Waals surface area contributed by atoms with Crippen molar-refractivity contribution in [1.29, 1.82) is 0 Å². The van der Waals surface area contributed by atoms with Gasteiger partial charge in [0.2, 0.25) is 0 Å². The first-order valence-corrected chi connectivity index (χ1v) is 7.86. The molecule has 0 radical (unpaired) electrons. The van der Waals surface area contributed by atoms with Crippen molar-refractivity contribution in [2.75, 3.05) is 11.9 Å². The van der Waals surface area contributed by atoms with E-state index in [1.54, 1.807) is 0 Å². The Kier molecular flexibility index (Phi) is 5.09. The number of ether oxygens (including phenoxy) is 1. The van der Waals surface area contributed by atoms with Gasteiger partial charge in [-0.15, -0.1) is 0 Å². The van der Waals surface area contributed by atoms with Crippen molar-refractivity contribution in [3.63, 3.8) is 0 Å². The van der Waals surface area contributed by atoms with Gasteiger partial charge in [-0.05, 0) is 48.6 Å². The van der Waals surface area contributed by atoms with Crippen LogP contribution in [-0.2, 0) is 10.2 Å². The van der Waals surface area contributed by atoms with E-state index >= 15 is 0 Å². The van der Waals surface area contributed by atoms with Crippen molar-refractivity contribution in [3.05, 3.63) is 59.2 Å². The molecular weight excluding hydrogens is 286 g/mol. The van der Waals surface area contributed by atoms with Gasteiger partial charge in [0, 0.05) is 5.69 Å². The van der Waals surface area contributed by atoms with Gasteiger partial charge >= 0.3 is 0 Å². The molecule has 0 aliphatic carbocycles. The topological polar surface area (TPSA) is 38.3 Å². The molecule has 122 valence electrons. The Morgan fingerprint density at radius 2 is 1.74 bits per heavy atom. The molecular formula is C20H25NO2. The summed E-state index contributed by atoms with van der Waals surface area (Å²) >= 11 is 0. The first-order valence-electron chi connectivity index (χ1n) is 7.86. The molecule has 0 aliphatic heterocycles. The third-order valence-corrected chi connectivity index (χ3v) is 3.60. The van der Waals surface area contributed by atoms with Gasteiger partial charge in [-0.1, -0.05) is 50.6 Å². The molecule has 0 atom stereocenters. The second-order valence-electron chi connectivity index (χ2n) is 6.96. The summed E-state index contributed by atoms with van der Waals surface area (Å²) < 4.78 is 5.77. The van der Waals surface area contributed by atoms with E-state index in [0.717, 1.165) is 22.6 Å². The second-order valence-corrected chi connectivity index (χ2v) is 6.96. The summed E-state index contributed by atoms with van der Waals surface area (Å²) in [5, 5.41) is 2.86. The number of rotatable bonds is 4. The van der Waals surface area contributed by atoms with Gasteiger partial charge in [0.15, 0.2) is 6.61 Å². The lowest BCUT2D eigenvalue weighted by Gasteiger charge is -2.23. The lowest BCUT2D eigenvalue weighted by atomic mass is 9.85. The molecule has 0 aromatic heterocycles. The SMILES string of the molecule is Cc1cccc(NC(=O)COc2ccc(C)cc2C(C)(C)C)c1. The predicted molar refractivity (Wildman–Crippen MR) is 95.2 cm³/mol. The van der Waals surface area contributed by atoms with Crippen LogP contribution in [0.1, 0.15) is 37.5 Å². The maximum Gasteiger partial charge on any atom is 0.262 e. The fourth-order valence-corrected chi connectivity index (χ4v) is 2.42. The number of anilines is 1. The highest BCUT2D eigenvalue weighted by Crippen LogP contribution is 2.32. The summed E-state index contributed by atoms with van der Waals surface area (Å²) in [5.74, 6) is 0.610. The molecule has 0 saturated carbocycles. The van der Waals surface area contributed by atoms with Crippen molar-refractivity contribution in [3.8, 4) is 5.75 Å². The lowest BCUT2D eigenvalue weighted by molar-refractivity contribution is -0.118. The Balaban J connectivity index is 2.05. The van der Waals surface area contributed by atoms with Gasteiger partial charge < -0.3 is 10.1 Å². The number of benzene rings is 2. The van der Waals surface area contributed by atoms with Gasteiger partial charge in [0.25, 0.3) is 5.91 Å². The summed E-state index contributed by atoms with van der Waals surface area (Å²) in [7, 11) is 0. The number of amides is 1. The van der Waals surface area contributed by atoms with Crippen molar-refractivity contribution in [2.24, 2.45) is 0 Å². The summed E-state index contributed by atoms with van der Waals surface area (Å²) in [6.07, 6.45) is 0. The Labute approximate surface area is 138 Å². The minimum Gasteiger partial charge on any atom is -0.483 e. The molecule has 0 unspecified atom stereocenters. The minimum atomic E-state index is -0.156. The highest BCUT2D eigenvalue weighted by molar-refractivity contribution is 5.91. The van der Waals surface area contributed by atoms with Gasteiger partial charge in [-0.25, -0.2) is 0 Å². The van der Waals surface area contributed by atoms with E-state index in [1.165, 1.54) is 5.56 Å². The number of carbonyl (C=O) groups is 1. The van der Waals surface area contributed by atoms with Crippen LogP contribution in [0.2, 0.25) is 0 Å². The van der Waals surface area contributed by atoms with Crippen LogP contribution in [0, 0.1) is 13.8 Å². The number of aryl methyl sites for hydroxylation is 2. The van der Waals surface area contributed by atoms with Gasteiger partial charge in [0.05, 0.1) is 0 Å². The number of hydrogen-bond donors (Lipinski definition) is 1. The average Bonchev–Trinajstić information content (AvgIpc) is 2.45. The second kappa shape index (κ2) is 6.86. The van der Waals surface area contributed by atoms with Gasteiger partial charge in [-0.2, -0.15) is 0 Å². The molecule has 23 heavy (non-hydrogen) atoms. The molecule has 0 aliphatic rings. The average molecular weight is 311 g/mol. The van der Waals surface area contributed by atoms with Crippen LogP contribution in [0.4, 0.5) is 5.69 Å². The van der Waals surface area contributed by atoms with E-state index < -0.39 is 0 Å². The molecule has 0 heterocycles. The lowest BCUT2D eigenvalue weighted by Crippen LogP contribution is -2.22. The third-order valence-electron chi connectivity index (χ3n) is 3.60. The zero-order valence-electron chi connectivity index (χ0n) is 14.6.